The third-order valence-electron chi connectivity index (χ3n) is 8.47. The molecule has 257 valence electrons. The topological polar surface area (TPSA) is 51.8 Å². The Morgan fingerprint density at radius 1 is 0.837 bits per heavy atom. The van der Waals surface area contributed by atoms with Gasteiger partial charge in [0.2, 0.25) is 5.71 Å². The first-order valence-corrected chi connectivity index (χ1v) is 20.4. The van der Waals surface area contributed by atoms with E-state index in [1.54, 1.807) is 30.5 Å². The minimum Gasteiger partial charge on any atom is -0.486 e. The minimum absolute atomic E-state index is 0. The summed E-state index contributed by atoms with van der Waals surface area (Å²) in [5, 5.41) is 2.60. The number of pyridine rings is 3. The third-order valence-corrected chi connectivity index (χ3v) is 10.5. The van der Waals surface area contributed by atoms with Crippen molar-refractivity contribution in [2.75, 3.05) is 0 Å². The van der Waals surface area contributed by atoms with E-state index < -0.39 is 27.7 Å². The Morgan fingerprint density at radius 3 is 2.29 bits per heavy atom. The molecule has 4 heterocycles. The Morgan fingerprint density at radius 2 is 1.55 bits per heavy atom. The summed E-state index contributed by atoms with van der Waals surface area (Å²) in [6.07, 6.45) is 5.49. The Labute approximate surface area is 317 Å². The fourth-order valence-electron chi connectivity index (χ4n) is 6.19. The van der Waals surface area contributed by atoms with E-state index in [0.717, 1.165) is 40.2 Å². The Hall–Kier alpha value is -3.44. The van der Waals surface area contributed by atoms with Crippen LogP contribution in [0.15, 0.2) is 71.4 Å². The summed E-state index contributed by atoms with van der Waals surface area (Å²) >= 11 is 0. The normalized spacial score (nSPS) is 15.9. The van der Waals surface area contributed by atoms with Crippen LogP contribution in [0.4, 0.5) is 0 Å². The average Bonchev–Trinajstić information content (AvgIpc) is 3.51. The number of rotatable bonds is 7. The number of aromatic nitrogens is 3. The van der Waals surface area contributed by atoms with Crippen LogP contribution in [0.2, 0.25) is 19.6 Å². The summed E-state index contributed by atoms with van der Waals surface area (Å²) in [5.41, 5.74) is 8.15. The molecule has 0 saturated carbocycles. The molecule has 1 aliphatic rings. The van der Waals surface area contributed by atoms with Crippen LogP contribution in [0, 0.1) is 30.8 Å². The second kappa shape index (κ2) is 15.6. The van der Waals surface area contributed by atoms with E-state index in [1.165, 1.54) is 30.0 Å². The molecule has 49 heavy (non-hydrogen) atoms. The second-order valence-electron chi connectivity index (χ2n) is 14.3. The van der Waals surface area contributed by atoms with Crippen LogP contribution in [-0.4, -0.2) is 23.0 Å². The summed E-state index contributed by atoms with van der Waals surface area (Å²) < 4.78 is 62.3. The molecule has 4 nitrogen and oxygen atoms in total. The minimum atomic E-state index is -2.30. The zero-order valence-electron chi connectivity index (χ0n) is 36.4. The molecule has 7 rings (SSSR count). The average molecular weight is 851 g/mol. The van der Waals surface area contributed by atoms with Crippen molar-refractivity contribution in [3.8, 4) is 22.5 Å². The van der Waals surface area contributed by atoms with Crippen molar-refractivity contribution < 1.29 is 34.1 Å². The largest absolute Gasteiger partial charge is 0.486 e. The van der Waals surface area contributed by atoms with Crippen molar-refractivity contribution in [2.45, 2.75) is 92.6 Å². The predicted molar refractivity (Wildman–Crippen MR) is 204 cm³/mol. The van der Waals surface area contributed by atoms with Gasteiger partial charge in [0.05, 0.1) is 13.7 Å². The predicted octanol–water partition coefficient (Wildman–Crippen LogP) is 10.5. The molecule has 2 aromatic carbocycles. The quantitative estimate of drug-likeness (QED) is 0.119. The molecule has 0 bridgehead atoms. The van der Waals surface area contributed by atoms with Gasteiger partial charge in [-0.3, -0.25) is 0 Å². The zero-order chi connectivity index (χ0) is 40.1. The molecule has 0 spiro atoms. The van der Waals surface area contributed by atoms with Crippen molar-refractivity contribution >= 4 is 35.3 Å². The summed E-state index contributed by atoms with van der Waals surface area (Å²) in [7, 11) is -1.69. The van der Waals surface area contributed by atoms with Crippen LogP contribution in [0.25, 0.3) is 44.6 Å². The van der Waals surface area contributed by atoms with Crippen LogP contribution in [0.1, 0.15) is 78.1 Å². The van der Waals surface area contributed by atoms with Gasteiger partial charge in [0.15, 0.2) is 0 Å². The Kier molecular flexibility index (Phi) is 9.02. The van der Waals surface area contributed by atoms with Crippen molar-refractivity contribution in [1.29, 1.82) is 0 Å². The van der Waals surface area contributed by atoms with Gasteiger partial charge in [0.1, 0.15) is 0 Å². The summed E-state index contributed by atoms with van der Waals surface area (Å²) in [4.78, 5) is 13.3. The first-order valence-electron chi connectivity index (χ1n) is 20.4. The number of fused-ring (bicyclic) bond motifs is 4. The van der Waals surface area contributed by atoms with E-state index in [2.05, 4.69) is 53.9 Å². The fourth-order valence-corrected chi connectivity index (χ4v) is 7.59. The zero-order valence-corrected chi connectivity index (χ0v) is 32.8. The van der Waals surface area contributed by atoms with Gasteiger partial charge in [0.25, 0.3) is 0 Å². The first kappa shape index (κ1) is 28.3. The molecule has 1 aliphatic carbocycles. The molecule has 0 saturated heterocycles. The number of nitrogens with zero attached hydrogens (tertiary/aromatic N) is 3. The van der Waals surface area contributed by atoms with E-state index >= 15 is 0 Å². The van der Waals surface area contributed by atoms with E-state index in [4.69, 9.17) is 19.0 Å². The SMILES string of the molecule is [2H]C([2H])([2H])c1ccc2c(n1)oc1c[c-]c(-c3cc(C([2H])([2H])C(C)C)ccn3)cc12.[2H]C([2H])(c1cc(-c2[c-]cc3c(c2)CCCC3)ncc1[Si](C)(C)C)C(C)C.[Ir]. The Bertz CT molecular complexity index is 2350. The van der Waals surface area contributed by atoms with Gasteiger partial charge < -0.3 is 14.4 Å². The molecule has 0 atom stereocenters. The van der Waals surface area contributed by atoms with Gasteiger partial charge in [-0.2, -0.15) is 0 Å². The van der Waals surface area contributed by atoms with E-state index in [9.17, 15) is 0 Å². The van der Waals surface area contributed by atoms with Gasteiger partial charge in [0, 0.05) is 53.2 Å². The van der Waals surface area contributed by atoms with Crippen molar-refractivity contribution in [3.05, 3.63) is 107 Å². The van der Waals surface area contributed by atoms with Gasteiger partial charge in [-0.1, -0.05) is 95.2 Å². The number of hydrogen-bond acceptors (Lipinski definition) is 4. The molecule has 6 aromatic rings. The van der Waals surface area contributed by atoms with Gasteiger partial charge in [-0.15, -0.1) is 58.7 Å². The molecule has 0 unspecified atom stereocenters. The smallest absolute Gasteiger partial charge is 0.216 e. The first-order chi connectivity index (χ1) is 25.7. The molecule has 0 fully saturated rings. The summed E-state index contributed by atoms with van der Waals surface area (Å²) in [5.74, 6) is -0.263. The Balaban J connectivity index is 0.000000212. The fraction of sp³-hybridized carbons (Fsp3) is 0.372. The molecular weight excluding hydrogens is 795 g/mol. The number of benzene rings is 2. The summed E-state index contributed by atoms with van der Waals surface area (Å²) in [6, 6.07) is 23.0. The van der Waals surface area contributed by atoms with Gasteiger partial charge in [-0.25, -0.2) is 4.98 Å². The van der Waals surface area contributed by atoms with Crippen LogP contribution in [0.3, 0.4) is 0 Å². The van der Waals surface area contributed by atoms with Gasteiger partial charge in [-0.05, 0) is 72.6 Å². The number of furan rings is 1. The number of aryl methyl sites for hydroxylation is 3. The summed E-state index contributed by atoms with van der Waals surface area (Å²) in [6.45, 7) is 12.1. The number of hydrogen-bond donors (Lipinski definition) is 0. The van der Waals surface area contributed by atoms with Gasteiger partial charge >= 0.3 is 0 Å². The van der Waals surface area contributed by atoms with Crippen LogP contribution < -0.4 is 5.19 Å². The van der Waals surface area contributed by atoms with Crippen molar-refractivity contribution in [2.24, 2.45) is 11.8 Å². The maximum absolute atomic E-state index is 8.70. The molecule has 0 N–H and O–H groups in total. The van der Waals surface area contributed by atoms with E-state index in [1.807, 2.05) is 46.0 Å². The third kappa shape index (κ3) is 8.84. The van der Waals surface area contributed by atoms with Crippen molar-refractivity contribution in [1.82, 2.24) is 15.0 Å². The standard InChI is InChI=1S/C22H30NSi.C21H19N2O.Ir/c1-16(2)12-20-14-21(23-15-22(20)24(3,4)5)19-11-10-17-8-6-7-9-18(17)13-19;1-13(2)10-15-8-9-22-19(11-15)16-5-7-20-18(12-16)17-6-4-14(3)23-21(17)24-20;/h10,13-16H,6-9,12H2,1-5H3;4,6-9,11-13H,10H2,1-3H3;/q2*-1;/i12D2;3D3,10D2;. The van der Waals surface area contributed by atoms with Crippen LogP contribution >= 0.6 is 0 Å². The molecule has 4 aromatic heterocycles. The monoisotopic (exact) mass is 851 g/mol. The van der Waals surface area contributed by atoms with Crippen molar-refractivity contribution in [3.63, 3.8) is 0 Å². The van der Waals surface area contributed by atoms with Crippen LogP contribution in [0.5, 0.6) is 0 Å². The maximum atomic E-state index is 8.70. The van der Waals surface area contributed by atoms with E-state index in [-0.39, 0.29) is 43.3 Å². The van der Waals surface area contributed by atoms with Crippen LogP contribution in [-0.2, 0) is 45.7 Å². The molecule has 0 aliphatic heterocycles. The molecule has 1 radical (unpaired) electrons. The second-order valence-corrected chi connectivity index (χ2v) is 19.3. The molecule has 6 heteroatoms. The molecular formula is C43H49IrN3OSi-2. The van der Waals surface area contributed by atoms with E-state index in [0.29, 0.717) is 27.8 Å². The molecule has 0 amide bonds. The maximum Gasteiger partial charge on any atom is 0.216 e.